The number of aromatic nitrogens is 1. The summed E-state index contributed by atoms with van der Waals surface area (Å²) in [6.07, 6.45) is 3.66. The Morgan fingerprint density at radius 3 is 3.11 bits per heavy atom. The molecule has 1 saturated heterocycles. The first kappa shape index (κ1) is 12.2. The Bertz CT molecular complexity index is 570. The number of hydrogen-bond donors (Lipinski definition) is 1. The topological polar surface area (TPSA) is 43.3 Å². The lowest BCUT2D eigenvalue weighted by Gasteiger charge is -2.11. The molecule has 100 valence electrons. The molecule has 0 bridgehead atoms. The first-order chi connectivity index (χ1) is 9.34. The number of amides is 1. The molecule has 1 aliphatic rings. The standard InChI is InChI=1S/C15H18N2O2/c18-15(14-6-3-11-19-14)16-8-10-17-9-7-12-4-1-2-5-13(12)17/h1-2,4-5,7,9,14H,3,6,8,10-11H2,(H,16,18). The minimum atomic E-state index is -0.235. The average Bonchev–Trinajstić information content (AvgIpc) is 3.08. The Morgan fingerprint density at radius 2 is 2.26 bits per heavy atom. The van der Waals surface area contributed by atoms with Gasteiger partial charge in [0.05, 0.1) is 0 Å². The number of fused-ring (bicyclic) bond motifs is 1. The molecule has 1 unspecified atom stereocenters. The molecule has 19 heavy (non-hydrogen) atoms. The summed E-state index contributed by atoms with van der Waals surface area (Å²) in [7, 11) is 0. The van der Waals surface area contributed by atoms with Gasteiger partial charge in [0.1, 0.15) is 6.10 Å². The van der Waals surface area contributed by atoms with Gasteiger partial charge >= 0.3 is 0 Å². The highest BCUT2D eigenvalue weighted by atomic mass is 16.5. The van der Waals surface area contributed by atoms with Crippen molar-refractivity contribution in [3.05, 3.63) is 36.5 Å². The van der Waals surface area contributed by atoms with Gasteiger partial charge in [0.2, 0.25) is 5.91 Å². The SMILES string of the molecule is O=C(NCCn1ccc2ccccc21)C1CCCO1. The van der Waals surface area contributed by atoms with Crippen LogP contribution >= 0.6 is 0 Å². The van der Waals surface area contributed by atoms with E-state index in [2.05, 4.69) is 34.3 Å². The van der Waals surface area contributed by atoms with E-state index in [9.17, 15) is 4.79 Å². The Kier molecular flexibility index (Phi) is 3.51. The normalized spacial score (nSPS) is 18.8. The number of carbonyl (C=O) groups is 1. The molecule has 1 aromatic carbocycles. The molecule has 1 N–H and O–H groups in total. The second kappa shape index (κ2) is 5.45. The monoisotopic (exact) mass is 258 g/mol. The predicted molar refractivity (Wildman–Crippen MR) is 73.9 cm³/mol. The van der Waals surface area contributed by atoms with Crippen LogP contribution in [-0.2, 0) is 16.1 Å². The van der Waals surface area contributed by atoms with Gasteiger partial charge in [-0.1, -0.05) is 18.2 Å². The third-order valence-corrected chi connectivity index (χ3v) is 3.55. The van der Waals surface area contributed by atoms with Gasteiger partial charge in [-0.05, 0) is 30.4 Å². The van der Waals surface area contributed by atoms with Crippen molar-refractivity contribution in [2.24, 2.45) is 0 Å². The zero-order chi connectivity index (χ0) is 13.1. The van der Waals surface area contributed by atoms with E-state index in [1.165, 1.54) is 10.9 Å². The Hall–Kier alpha value is -1.81. The van der Waals surface area contributed by atoms with Crippen LogP contribution in [0.3, 0.4) is 0 Å². The molecule has 2 heterocycles. The number of nitrogens with zero attached hydrogens (tertiary/aromatic N) is 1. The summed E-state index contributed by atoms with van der Waals surface area (Å²) >= 11 is 0. The summed E-state index contributed by atoms with van der Waals surface area (Å²) in [5, 5.41) is 4.17. The van der Waals surface area contributed by atoms with E-state index >= 15 is 0 Å². The molecule has 0 radical (unpaired) electrons. The zero-order valence-electron chi connectivity index (χ0n) is 10.8. The Morgan fingerprint density at radius 1 is 1.37 bits per heavy atom. The maximum Gasteiger partial charge on any atom is 0.249 e. The van der Waals surface area contributed by atoms with Gasteiger partial charge in [0.25, 0.3) is 0 Å². The number of carbonyl (C=O) groups excluding carboxylic acids is 1. The molecule has 4 heteroatoms. The minimum absolute atomic E-state index is 0.0222. The van der Waals surface area contributed by atoms with Crippen LogP contribution in [0.2, 0.25) is 0 Å². The van der Waals surface area contributed by atoms with Crippen LogP contribution in [0.4, 0.5) is 0 Å². The fourth-order valence-electron chi connectivity index (χ4n) is 2.53. The zero-order valence-corrected chi connectivity index (χ0v) is 10.8. The summed E-state index contributed by atoms with van der Waals surface area (Å²) in [5.41, 5.74) is 1.20. The third-order valence-electron chi connectivity index (χ3n) is 3.55. The highest BCUT2D eigenvalue weighted by Gasteiger charge is 2.22. The van der Waals surface area contributed by atoms with Gasteiger partial charge in [-0.25, -0.2) is 0 Å². The molecule has 0 aliphatic carbocycles. The van der Waals surface area contributed by atoms with Crippen molar-refractivity contribution in [2.45, 2.75) is 25.5 Å². The number of nitrogens with one attached hydrogen (secondary N) is 1. The third kappa shape index (κ3) is 2.63. The Balaban J connectivity index is 1.56. The molecule has 2 aromatic rings. The number of ether oxygens (including phenoxy) is 1. The van der Waals surface area contributed by atoms with Crippen LogP contribution in [0.15, 0.2) is 36.5 Å². The lowest BCUT2D eigenvalue weighted by Crippen LogP contribution is -2.35. The van der Waals surface area contributed by atoms with Crippen molar-refractivity contribution in [1.82, 2.24) is 9.88 Å². The summed E-state index contributed by atoms with van der Waals surface area (Å²) in [4.78, 5) is 11.8. The van der Waals surface area contributed by atoms with Gasteiger partial charge in [-0.15, -0.1) is 0 Å². The molecule has 1 aliphatic heterocycles. The molecule has 1 atom stereocenters. The number of hydrogen-bond acceptors (Lipinski definition) is 2. The molecule has 0 spiro atoms. The Labute approximate surface area is 112 Å². The molecule has 0 saturated carbocycles. The highest BCUT2D eigenvalue weighted by molar-refractivity contribution is 5.81. The number of rotatable bonds is 4. The molecular weight excluding hydrogens is 240 g/mol. The molecule has 1 fully saturated rings. The van der Waals surface area contributed by atoms with Gasteiger partial charge in [0.15, 0.2) is 0 Å². The van der Waals surface area contributed by atoms with Gasteiger partial charge < -0.3 is 14.6 Å². The second-order valence-corrected chi connectivity index (χ2v) is 4.86. The van der Waals surface area contributed by atoms with Gasteiger partial charge in [-0.2, -0.15) is 0 Å². The highest BCUT2D eigenvalue weighted by Crippen LogP contribution is 2.15. The van der Waals surface area contributed by atoms with Gasteiger partial charge in [-0.3, -0.25) is 4.79 Å². The second-order valence-electron chi connectivity index (χ2n) is 4.86. The number of para-hydroxylation sites is 1. The maximum absolute atomic E-state index is 11.8. The van der Waals surface area contributed by atoms with E-state index in [1.807, 2.05) is 12.1 Å². The minimum Gasteiger partial charge on any atom is -0.368 e. The fourth-order valence-corrected chi connectivity index (χ4v) is 2.53. The quantitative estimate of drug-likeness (QED) is 0.910. The van der Waals surface area contributed by atoms with Crippen LogP contribution < -0.4 is 5.32 Å². The van der Waals surface area contributed by atoms with Crippen LogP contribution in [0.5, 0.6) is 0 Å². The van der Waals surface area contributed by atoms with Gasteiger partial charge in [0, 0.05) is 31.4 Å². The predicted octanol–water partition coefficient (Wildman–Crippen LogP) is 1.94. The summed E-state index contributed by atoms with van der Waals surface area (Å²) in [6.45, 7) is 2.13. The maximum atomic E-state index is 11.8. The van der Waals surface area contributed by atoms with E-state index in [0.29, 0.717) is 13.2 Å². The lowest BCUT2D eigenvalue weighted by molar-refractivity contribution is -0.130. The molecular formula is C15H18N2O2. The van der Waals surface area contributed by atoms with Crippen LogP contribution in [0.1, 0.15) is 12.8 Å². The number of benzene rings is 1. The summed E-state index contributed by atoms with van der Waals surface area (Å²) in [6, 6.07) is 10.3. The first-order valence-corrected chi connectivity index (χ1v) is 6.78. The smallest absolute Gasteiger partial charge is 0.249 e. The summed E-state index contributed by atoms with van der Waals surface area (Å²) in [5.74, 6) is 0.0222. The van der Waals surface area contributed by atoms with E-state index in [0.717, 1.165) is 19.4 Å². The van der Waals surface area contributed by atoms with Crippen molar-refractivity contribution in [3.8, 4) is 0 Å². The van der Waals surface area contributed by atoms with Crippen molar-refractivity contribution in [1.29, 1.82) is 0 Å². The first-order valence-electron chi connectivity index (χ1n) is 6.78. The fraction of sp³-hybridized carbons (Fsp3) is 0.400. The van der Waals surface area contributed by atoms with E-state index < -0.39 is 0 Å². The van der Waals surface area contributed by atoms with Crippen molar-refractivity contribution in [3.63, 3.8) is 0 Å². The van der Waals surface area contributed by atoms with Crippen LogP contribution in [0, 0.1) is 0 Å². The van der Waals surface area contributed by atoms with E-state index in [-0.39, 0.29) is 12.0 Å². The van der Waals surface area contributed by atoms with Crippen LogP contribution in [-0.4, -0.2) is 29.7 Å². The summed E-state index contributed by atoms with van der Waals surface area (Å²) < 4.78 is 7.51. The van der Waals surface area contributed by atoms with Crippen molar-refractivity contribution in [2.75, 3.05) is 13.2 Å². The molecule has 1 amide bonds. The van der Waals surface area contributed by atoms with Crippen molar-refractivity contribution < 1.29 is 9.53 Å². The lowest BCUT2D eigenvalue weighted by atomic mass is 10.2. The molecule has 4 nitrogen and oxygen atoms in total. The van der Waals surface area contributed by atoms with E-state index in [1.54, 1.807) is 0 Å². The van der Waals surface area contributed by atoms with E-state index in [4.69, 9.17) is 4.74 Å². The largest absolute Gasteiger partial charge is 0.368 e. The molecule has 3 rings (SSSR count). The van der Waals surface area contributed by atoms with Crippen molar-refractivity contribution >= 4 is 16.8 Å². The van der Waals surface area contributed by atoms with Crippen LogP contribution in [0.25, 0.3) is 10.9 Å². The molecule has 1 aromatic heterocycles. The average molecular weight is 258 g/mol.